The second-order valence-electron chi connectivity index (χ2n) is 8.91. The summed E-state index contributed by atoms with van der Waals surface area (Å²) in [5, 5.41) is 8.31. The Morgan fingerprint density at radius 2 is 1.84 bits per heavy atom. The third-order valence-electron chi connectivity index (χ3n) is 6.31. The van der Waals surface area contributed by atoms with Gasteiger partial charge in [0, 0.05) is 30.5 Å². The molecule has 1 saturated heterocycles. The maximum Gasteiger partial charge on any atom is 0.230 e. The SMILES string of the molecule is COc1ccc(-c2cnc(SCC(=O)NCCC3CC(Cc4ccc(Cl)c(Cl)c4)CN3)nc2)cc1OC. The van der Waals surface area contributed by atoms with Gasteiger partial charge in [-0.2, -0.15) is 0 Å². The summed E-state index contributed by atoms with van der Waals surface area (Å²) >= 11 is 13.5. The maximum atomic E-state index is 12.3. The summed E-state index contributed by atoms with van der Waals surface area (Å²) < 4.78 is 10.6. The van der Waals surface area contributed by atoms with E-state index in [0.29, 0.717) is 45.2 Å². The van der Waals surface area contributed by atoms with E-state index in [1.807, 2.05) is 36.4 Å². The summed E-state index contributed by atoms with van der Waals surface area (Å²) in [6.07, 6.45) is 6.42. The number of thioether (sulfide) groups is 1. The topological polar surface area (TPSA) is 85.4 Å². The second-order valence-corrected chi connectivity index (χ2v) is 10.7. The van der Waals surface area contributed by atoms with Gasteiger partial charge in [0.25, 0.3) is 0 Å². The predicted molar refractivity (Wildman–Crippen MR) is 149 cm³/mol. The first-order valence-electron chi connectivity index (χ1n) is 12.1. The number of carbonyl (C=O) groups excluding carboxylic acids is 1. The standard InChI is InChI=1S/C27H30Cl2N4O3S/c1-35-24-6-4-19(12-25(24)36-2)20-14-32-27(33-15-20)37-16-26(34)30-8-7-21-10-18(13-31-21)9-17-3-5-22(28)23(29)11-17/h3-6,11-12,14-15,18,21,31H,7-10,13,16H2,1-2H3,(H,30,34). The number of hydrogen-bond acceptors (Lipinski definition) is 7. The Morgan fingerprint density at radius 3 is 2.57 bits per heavy atom. The number of methoxy groups -OCH3 is 2. The summed E-state index contributed by atoms with van der Waals surface area (Å²) in [6.45, 7) is 1.60. The molecule has 3 aromatic rings. The van der Waals surface area contributed by atoms with E-state index in [1.165, 1.54) is 17.3 Å². The smallest absolute Gasteiger partial charge is 0.230 e. The summed E-state index contributed by atoms with van der Waals surface area (Å²) in [6, 6.07) is 11.9. The Bertz CT molecular complexity index is 1210. The van der Waals surface area contributed by atoms with E-state index in [-0.39, 0.29) is 11.7 Å². The molecule has 0 aliphatic carbocycles. The summed E-state index contributed by atoms with van der Waals surface area (Å²) in [5.74, 6) is 2.10. The van der Waals surface area contributed by atoms with E-state index < -0.39 is 0 Å². The van der Waals surface area contributed by atoms with Crippen LogP contribution in [0.15, 0.2) is 53.9 Å². The maximum absolute atomic E-state index is 12.3. The highest BCUT2D eigenvalue weighted by molar-refractivity contribution is 7.99. The molecular formula is C27H30Cl2N4O3S. The van der Waals surface area contributed by atoms with Crippen LogP contribution in [-0.2, 0) is 11.2 Å². The number of aromatic nitrogens is 2. The zero-order valence-electron chi connectivity index (χ0n) is 20.8. The highest BCUT2D eigenvalue weighted by atomic mass is 35.5. The number of hydrogen-bond donors (Lipinski definition) is 2. The van der Waals surface area contributed by atoms with E-state index in [4.69, 9.17) is 32.7 Å². The number of benzene rings is 2. The molecular weight excluding hydrogens is 531 g/mol. The lowest BCUT2D eigenvalue weighted by molar-refractivity contribution is -0.118. The lowest BCUT2D eigenvalue weighted by Gasteiger charge is -2.12. The predicted octanol–water partition coefficient (Wildman–Crippen LogP) is 5.29. The van der Waals surface area contributed by atoms with Crippen LogP contribution in [0, 0.1) is 5.92 Å². The van der Waals surface area contributed by atoms with Crippen molar-refractivity contribution in [1.82, 2.24) is 20.6 Å². The van der Waals surface area contributed by atoms with Crippen molar-refractivity contribution in [1.29, 1.82) is 0 Å². The highest BCUT2D eigenvalue weighted by Gasteiger charge is 2.24. The largest absolute Gasteiger partial charge is 0.493 e. The minimum absolute atomic E-state index is 0.0251. The van der Waals surface area contributed by atoms with E-state index >= 15 is 0 Å². The molecule has 1 amide bonds. The van der Waals surface area contributed by atoms with Crippen molar-refractivity contribution in [3.63, 3.8) is 0 Å². The van der Waals surface area contributed by atoms with Crippen molar-refractivity contribution in [3.05, 3.63) is 64.4 Å². The Kier molecular flexibility index (Phi) is 9.91. The minimum atomic E-state index is -0.0251. The zero-order chi connectivity index (χ0) is 26.2. The third-order valence-corrected chi connectivity index (χ3v) is 7.93. The summed E-state index contributed by atoms with van der Waals surface area (Å²) in [4.78, 5) is 21.1. The number of halogens is 2. The van der Waals surface area contributed by atoms with Gasteiger partial charge in [0.15, 0.2) is 16.7 Å². The molecule has 1 fully saturated rings. The fourth-order valence-electron chi connectivity index (χ4n) is 4.40. The van der Waals surface area contributed by atoms with Gasteiger partial charge in [-0.1, -0.05) is 47.1 Å². The van der Waals surface area contributed by atoms with Crippen molar-refractivity contribution in [3.8, 4) is 22.6 Å². The van der Waals surface area contributed by atoms with Crippen LogP contribution >= 0.6 is 35.0 Å². The molecule has 2 atom stereocenters. The molecule has 37 heavy (non-hydrogen) atoms. The fraction of sp³-hybridized carbons (Fsp3) is 0.370. The number of amides is 1. The summed E-state index contributed by atoms with van der Waals surface area (Å²) in [5.41, 5.74) is 2.98. The number of nitrogens with zero attached hydrogens (tertiary/aromatic N) is 2. The number of rotatable bonds is 11. The van der Waals surface area contributed by atoms with Gasteiger partial charge in [-0.15, -0.1) is 0 Å². The van der Waals surface area contributed by atoms with Gasteiger partial charge in [0.1, 0.15) is 0 Å². The molecule has 196 valence electrons. The Hall–Kier alpha value is -2.52. The minimum Gasteiger partial charge on any atom is -0.493 e. The number of carbonyl (C=O) groups is 1. The van der Waals surface area contributed by atoms with Crippen LogP contribution < -0.4 is 20.1 Å². The van der Waals surface area contributed by atoms with Gasteiger partial charge in [0.2, 0.25) is 5.91 Å². The number of ether oxygens (including phenoxy) is 2. The van der Waals surface area contributed by atoms with Crippen LogP contribution in [0.3, 0.4) is 0 Å². The average Bonchev–Trinajstić information content (AvgIpc) is 3.36. The second kappa shape index (κ2) is 13.3. The third kappa shape index (κ3) is 7.74. The first-order valence-corrected chi connectivity index (χ1v) is 13.8. The number of nitrogens with one attached hydrogen (secondary N) is 2. The van der Waals surface area contributed by atoms with Gasteiger partial charge in [-0.25, -0.2) is 9.97 Å². The van der Waals surface area contributed by atoms with Gasteiger partial charge >= 0.3 is 0 Å². The van der Waals surface area contributed by atoms with Crippen LogP contribution in [0.1, 0.15) is 18.4 Å². The van der Waals surface area contributed by atoms with Crippen molar-refractivity contribution in [2.45, 2.75) is 30.5 Å². The van der Waals surface area contributed by atoms with Gasteiger partial charge in [-0.3, -0.25) is 4.79 Å². The van der Waals surface area contributed by atoms with Crippen molar-refractivity contribution in [2.24, 2.45) is 5.92 Å². The van der Waals surface area contributed by atoms with E-state index in [9.17, 15) is 4.79 Å². The Labute approximate surface area is 231 Å². The zero-order valence-corrected chi connectivity index (χ0v) is 23.1. The van der Waals surface area contributed by atoms with E-state index in [0.717, 1.165) is 36.9 Å². The first-order chi connectivity index (χ1) is 17.9. The Balaban J connectivity index is 1.16. The van der Waals surface area contributed by atoms with Gasteiger partial charge in [0.05, 0.1) is 30.0 Å². The van der Waals surface area contributed by atoms with E-state index in [1.54, 1.807) is 26.6 Å². The monoisotopic (exact) mass is 560 g/mol. The average molecular weight is 562 g/mol. The normalized spacial score (nSPS) is 17.0. The van der Waals surface area contributed by atoms with Crippen LogP contribution in [-0.4, -0.2) is 55.0 Å². The highest BCUT2D eigenvalue weighted by Crippen LogP contribution is 2.32. The molecule has 2 heterocycles. The van der Waals surface area contributed by atoms with Crippen LogP contribution in [0.25, 0.3) is 11.1 Å². The molecule has 2 unspecified atom stereocenters. The molecule has 0 radical (unpaired) electrons. The van der Waals surface area contributed by atoms with Crippen LogP contribution in [0.4, 0.5) is 0 Å². The molecule has 0 spiro atoms. The van der Waals surface area contributed by atoms with Gasteiger partial charge < -0.3 is 20.1 Å². The molecule has 1 aromatic heterocycles. The van der Waals surface area contributed by atoms with Crippen LogP contribution in [0.5, 0.6) is 11.5 Å². The fourth-order valence-corrected chi connectivity index (χ4v) is 5.34. The lowest BCUT2D eigenvalue weighted by atomic mass is 9.96. The van der Waals surface area contributed by atoms with E-state index in [2.05, 4.69) is 20.6 Å². The van der Waals surface area contributed by atoms with Crippen molar-refractivity contribution >= 4 is 40.9 Å². The molecule has 7 nitrogen and oxygen atoms in total. The Morgan fingerprint density at radius 1 is 1.05 bits per heavy atom. The molecule has 2 N–H and O–H groups in total. The molecule has 4 rings (SSSR count). The van der Waals surface area contributed by atoms with Crippen molar-refractivity contribution in [2.75, 3.05) is 33.1 Å². The lowest BCUT2D eigenvalue weighted by Crippen LogP contribution is -2.31. The van der Waals surface area contributed by atoms with Crippen molar-refractivity contribution < 1.29 is 14.3 Å². The first kappa shape index (κ1) is 27.5. The van der Waals surface area contributed by atoms with Crippen LogP contribution in [0.2, 0.25) is 10.0 Å². The van der Waals surface area contributed by atoms with Gasteiger partial charge in [-0.05, 0) is 67.1 Å². The molecule has 10 heteroatoms. The molecule has 1 aliphatic rings. The molecule has 0 bridgehead atoms. The summed E-state index contributed by atoms with van der Waals surface area (Å²) in [7, 11) is 3.20. The molecule has 1 aliphatic heterocycles. The molecule has 0 saturated carbocycles. The quantitative estimate of drug-likeness (QED) is 0.243. The molecule has 2 aromatic carbocycles.